The average Bonchev–Trinajstić information content (AvgIpc) is 3.01. The summed E-state index contributed by atoms with van der Waals surface area (Å²) < 4.78 is 11.8. The summed E-state index contributed by atoms with van der Waals surface area (Å²) in [6.07, 6.45) is 15.2. The molecule has 33 heavy (non-hydrogen) atoms. The molecular weight excluding hydrogens is 412 g/mol. The van der Waals surface area contributed by atoms with Crippen molar-refractivity contribution in [1.29, 1.82) is 0 Å². The van der Waals surface area contributed by atoms with Gasteiger partial charge in [-0.25, -0.2) is 4.98 Å². The van der Waals surface area contributed by atoms with Gasteiger partial charge in [0.1, 0.15) is 17.6 Å². The van der Waals surface area contributed by atoms with Crippen LogP contribution in [0, 0.1) is 0 Å². The summed E-state index contributed by atoms with van der Waals surface area (Å²) in [5.41, 5.74) is 4.24. The summed E-state index contributed by atoms with van der Waals surface area (Å²) in [4.78, 5) is 7.00. The fourth-order valence-corrected chi connectivity index (χ4v) is 4.95. The molecule has 1 aromatic carbocycles. The molecule has 5 rings (SSSR count). The lowest BCUT2D eigenvalue weighted by Gasteiger charge is -2.32. The fourth-order valence-electron chi connectivity index (χ4n) is 4.95. The van der Waals surface area contributed by atoms with Gasteiger partial charge in [-0.1, -0.05) is 36.4 Å². The highest BCUT2D eigenvalue weighted by Gasteiger charge is 2.26. The Bertz CT molecular complexity index is 1120. The van der Waals surface area contributed by atoms with Gasteiger partial charge in [-0.05, 0) is 79.8 Å². The van der Waals surface area contributed by atoms with Gasteiger partial charge < -0.3 is 19.5 Å². The van der Waals surface area contributed by atoms with Crippen molar-refractivity contribution in [2.45, 2.75) is 31.3 Å². The number of likely N-dealkylation sites (tertiary alicyclic amines) is 1. The number of nitrogens with zero attached hydrogens (tertiary/aromatic N) is 2. The van der Waals surface area contributed by atoms with Gasteiger partial charge in [-0.15, -0.1) is 0 Å². The van der Waals surface area contributed by atoms with E-state index >= 15 is 0 Å². The molecule has 2 aromatic rings. The van der Waals surface area contributed by atoms with E-state index in [1.807, 2.05) is 36.4 Å². The highest BCUT2D eigenvalue weighted by atomic mass is 16.5. The molecule has 1 atom stereocenters. The quantitative estimate of drug-likeness (QED) is 0.687. The third-order valence-corrected chi connectivity index (χ3v) is 6.75. The number of allylic oxidation sites excluding steroid dienone is 4. The number of hydrogen-bond acceptors (Lipinski definition) is 5. The van der Waals surface area contributed by atoms with Crippen molar-refractivity contribution in [3.63, 3.8) is 0 Å². The van der Waals surface area contributed by atoms with E-state index in [0.717, 1.165) is 66.9 Å². The van der Waals surface area contributed by atoms with Gasteiger partial charge in [0.25, 0.3) is 0 Å². The van der Waals surface area contributed by atoms with E-state index in [9.17, 15) is 5.11 Å². The fraction of sp³-hybridized carbons (Fsp3) is 0.321. The van der Waals surface area contributed by atoms with Gasteiger partial charge in [0.15, 0.2) is 0 Å². The number of ether oxygens (including phenoxy) is 2. The van der Waals surface area contributed by atoms with Crippen LogP contribution in [0.2, 0.25) is 0 Å². The van der Waals surface area contributed by atoms with E-state index in [4.69, 9.17) is 9.47 Å². The predicted octanol–water partition coefficient (Wildman–Crippen LogP) is 5.23. The zero-order valence-electron chi connectivity index (χ0n) is 19.0. The molecule has 0 spiro atoms. The second-order valence-corrected chi connectivity index (χ2v) is 8.75. The molecule has 5 nitrogen and oxygen atoms in total. The molecule has 1 N–H and O–H groups in total. The molecule has 0 saturated carbocycles. The molecule has 170 valence electrons. The monoisotopic (exact) mass is 442 g/mol. The second-order valence-electron chi connectivity index (χ2n) is 8.75. The first-order valence-corrected chi connectivity index (χ1v) is 11.7. The first-order valence-electron chi connectivity index (χ1n) is 11.7. The Morgan fingerprint density at radius 1 is 1.18 bits per heavy atom. The van der Waals surface area contributed by atoms with Crippen LogP contribution in [0.4, 0.5) is 0 Å². The molecule has 0 amide bonds. The van der Waals surface area contributed by atoms with E-state index in [-0.39, 0.29) is 6.10 Å². The van der Waals surface area contributed by atoms with Gasteiger partial charge in [-0.2, -0.15) is 0 Å². The average molecular weight is 443 g/mol. The highest BCUT2D eigenvalue weighted by molar-refractivity contribution is 5.80. The number of phenolic OH excluding ortho intramolecular Hbond substituents is 1. The molecule has 1 saturated heterocycles. The van der Waals surface area contributed by atoms with Crippen LogP contribution in [0.25, 0.3) is 5.57 Å². The minimum atomic E-state index is -0.129. The van der Waals surface area contributed by atoms with Gasteiger partial charge >= 0.3 is 0 Å². The van der Waals surface area contributed by atoms with Crippen LogP contribution in [0.15, 0.2) is 84.3 Å². The molecule has 0 bridgehead atoms. The zero-order valence-corrected chi connectivity index (χ0v) is 19.0. The number of piperidine rings is 1. The maximum Gasteiger partial charge on any atom is 0.227 e. The number of para-hydroxylation sites is 1. The lowest BCUT2D eigenvalue weighted by molar-refractivity contribution is 0.164. The number of fused-ring (bicyclic) bond motifs is 2. The number of methoxy groups -OCH3 is 1. The first kappa shape index (κ1) is 21.7. The molecule has 0 radical (unpaired) electrons. The van der Waals surface area contributed by atoms with Crippen molar-refractivity contribution in [2.24, 2.45) is 0 Å². The summed E-state index contributed by atoms with van der Waals surface area (Å²) in [7, 11) is 1.72. The molecule has 2 aliphatic heterocycles. The van der Waals surface area contributed by atoms with Crippen LogP contribution in [0.1, 0.15) is 36.3 Å². The standard InChI is InChI=1S/C28H30N2O3/c1-32-26-11-4-12-27-24(26)19-21(23-9-5-15-29-28(23)33-27)7-6-16-30-17-13-20(14-18-30)22-8-2-3-10-25(22)31/h2-5,7-12,15,19-20,26,31H,6,13-14,16-18H2,1H3. The first-order chi connectivity index (χ1) is 16.2. The molecule has 1 fully saturated rings. The Morgan fingerprint density at radius 3 is 2.85 bits per heavy atom. The Morgan fingerprint density at radius 2 is 2.03 bits per heavy atom. The van der Waals surface area contributed by atoms with E-state index < -0.39 is 0 Å². The van der Waals surface area contributed by atoms with Crippen LogP contribution in [0.3, 0.4) is 0 Å². The van der Waals surface area contributed by atoms with Crippen LogP contribution < -0.4 is 4.74 Å². The number of hydrogen-bond donors (Lipinski definition) is 1. The van der Waals surface area contributed by atoms with Crippen LogP contribution >= 0.6 is 0 Å². The molecule has 1 aliphatic carbocycles. The molecule has 1 aromatic heterocycles. The summed E-state index contributed by atoms with van der Waals surface area (Å²) in [6, 6.07) is 11.8. The number of aromatic hydroxyl groups is 1. The molecule has 3 heterocycles. The number of aromatic nitrogens is 1. The lowest BCUT2D eigenvalue weighted by atomic mass is 9.89. The van der Waals surface area contributed by atoms with Gasteiger partial charge in [-0.3, -0.25) is 0 Å². The van der Waals surface area contributed by atoms with Crippen molar-refractivity contribution < 1.29 is 14.6 Å². The molecule has 3 aliphatic rings. The third kappa shape index (κ3) is 4.65. The van der Waals surface area contributed by atoms with E-state index in [1.165, 1.54) is 0 Å². The van der Waals surface area contributed by atoms with Crippen LogP contribution in [-0.2, 0) is 4.74 Å². The number of phenols is 1. The van der Waals surface area contributed by atoms with Gasteiger partial charge in [0.05, 0.1) is 0 Å². The van der Waals surface area contributed by atoms with Gasteiger partial charge in [0, 0.05) is 31.0 Å². The number of pyridine rings is 1. The predicted molar refractivity (Wildman–Crippen MR) is 130 cm³/mol. The minimum absolute atomic E-state index is 0.129. The smallest absolute Gasteiger partial charge is 0.227 e. The normalized spacial score (nSPS) is 22.1. The Hall–Kier alpha value is -3.15. The summed E-state index contributed by atoms with van der Waals surface area (Å²) in [5, 5.41) is 10.2. The minimum Gasteiger partial charge on any atom is -0.508 e. The Kier molecular flexibility index (Phi) is 6.42. The van der Waals surface area contributed by atoms with Crippen LogP contribution in [-0.4, -0.2) is 47.8 Å². The van der Waals surface area contributed by atoms with E-state index in [0.29, 0.717) is 17.5 Å². The summed E-state index contributed by atoms with van der Waals surface area (Å²) in [5.74, 6) is 2.30. The Balaban J connectivity index is 1.28. The summed E-state index contributed by atoms with van der Waals surface area (Å²) in [6.45, 7) is 3.11. The lowest BCUT2D eigenvalue weighted by Crippen LogP contribution is -2.33. The van der Waals surface area contributed by atoms with Crippen molar-refractivity contribution in [2.75, 3.05) is 26.7 Å². The topological polar surface area (TPSA) is 54.8 Å². The van der Waals surface area contributed by atoms with Crippen LogP contribution in [0.5, 0.6) is 11.6 Å². The maximum atomic E-state index is 10.2. The molecular formula is C28H30N2O3. The van der Waals surface area contributed by atoms with Crippen molar-refractivity contribution in [3.05, 3.63) is 95.4 Å². The molecule has 1 unspecified atom stereocenters. The third-order valence-electron chi connectivity index (χ3n) is 6.75. The Labute approximate surface area is 195 Å². The largest absolute Gasteiger partial charge is 0.508 e. The SMILES string of the molecule is COC1C=CC=C2Oc3ncccc3C(=CCCN3CCC(c4ccccc4O)CC3)C=C21. The summed E-state index contributed by atoms with van der Waals surface area (Å²) >= 11 is 0. The number of rotatable bonds is 5. The maximum absolute atomic E-state index is 10.2. The van der Waals surface area contributed by atoms with E-state index in [2.05, 4.69) is 34.2 Å². The van der Waals surface area contributed by atoms with Gasteiger partial charge in [0.2, 0.25) is 5.88 Å². The highest BCUT2D eigenvalue weighted by Crippen LogP contribution is 2.37. The van der Waals surface area contributed by atoms with Crippen molar-refractivity contribution in [3.8, 4) is 11.6 Å². The van der Waals surface area contributed by atoms with E-state index in [1.54, 1.807) is 19.4 Å². The van der Waals surface area contributed by atoms with Crippen molar-refractivity contribution in [1.82, 2.24) is 9.88 Å². The zero-order chi connectivity index (χ0) is 22.6. The second kappa shape index (κ2) is 9.77. The number of benzene rings is 1. The molecule has 5 heteroatoms. The van der Waals surface area contributed by atoms with Crippen molar-refractivity contribution >= 4 is 5.57 Å².